The van der Waals surface area contributed by atoms with E-state index >= 15 is 0 Å². The minimum atomic E-state index is -1.10. The molecule has 2 aliphatic heterocycles. The zero-order chi connectivity index (χ0) is 23.9. The molecule has 5 aromatic rings. The van der Waals surface area contributed by atoms with Crippen LogP contribution in [0.1, 0.15) is 23.4 Å². The van der Waals surface area contributed by atoms with Gasteiger partial charge in [0, 0.05) is 58.9 Å². The zero-order valence-corrected chi connectivity index (χ0v) is 19.7. The molecule has 0 aliphatic carbocycles. The summed E-state index contributed by atoms with van der Waals surface area (Å²) in [6.07, 6.45) is 2.42. The van der Waals surface area contributed by atoms with Crippen molar-refractivity contribution in [3.05, 3.63) is 71.7 Å². The molecule has 2 N–H and O–H groups in total. The fraction of sp³-hybridized carbons (Fsp3) is 0.214. The number of fused-ring (bicyclic) bond motifs is 8. The molecule has 0 fully saturated rings. The lowest BCUT2D eigenvalue weighted by Crippen LogP contribution is -2.40. The van der Waals surface area contributed by atoms with Gasteiger partial charge in [0.15, 0.2) is 0 Å². The Labute approximate surface area is 201 Å². The summed E-state index contributed by atoms with van der Waals surface area (Å²) < 4.78 is 13.0. The first-order valence-corrected chi connectivity index (χ1v) is 11.7. The summed E-state index contributed by atoms with van der Waals surface area (Å²) >= 11 is 0. The number of hydrogen-bond donors (Lipinski definition) is 2. The van der Waals surface area contributed by atoms with Gasteiger partial charge in [-0.3, -0.25) is 4.98 Å². The van der Waals surface area contributed by atoms with Gasteiger partial charge in [-0.15, -0.1) is 0 Å². The van der Waals surface area contributed by atoms with Crippen molar-refractivity contribution in [2.24, 2.45) is 4.99 Å². The van der Waals surface area contributed by atoms with E-state index in [1.807, 2.05) is 42.6 Å². The molecule has 1 atom stereocenters. The van der Waals surface area contributed by atoms with Gasteiger partial charge in [0.1, 0.15) is 22.8 Å². The number of benzene rings is 2. The predicted octanol–water partition coefficient (Wildman–Crippen LogP) is 5.24. The number of H-pyrrole nitrogens is 1. The van der Waals surface area contributed by atoms with Crippen molar-refractivity contribution in [1.29, 1.82) is 0 Å². The fourth-order valence-electron chi connectivity index (χ4n) is 5.73. The number of rotatable bonds is 3. The van der Waals surface area contributed by atoms with Crippen molar-refractivity contribution < 1.29 is 14.6 Å². The Balaban J connectivity index is 1.42. The van der Waals surface area contributed by atoms with Crippen molar-refractivity contribution in [3.63, 3.8) is 0 Å². The summed E-state index contributed by atoms with van der Waals surface area (Å²) in [6, 6.07) is 15.9. The first-order chi connectivity index (χ1) is 17.0. The van der Waals surface area contributed by atoms with Crippen LogP contribution in [0, 0.1) is 6.92 Å². The Morgan fingerprint density at radius 3 is 2.63 bits per heavy atom. The summed E-state index contributed by atoms with van der Waals surface area (Å²) in [7, 11) is 3.31. The van der Waals surface area contributed by atoms with Crippen molar-refractivity contribution in [3.8, 4) is 22.8 Å². The normalized spacial score (nSPS) is 18.3. The Morgan fingerprint density at radius 2 is 1.80 bits per heavy atom. The van der Waals surface area contributed by atoms with Crippen molar-refractivity contribution in [2.75, 3.05) is 14.2 Å². The van der Waals surface area contributed by atoms with E-state index in [1.165, 1.54) is 0 Å². The lowest BCUT2D eigenvalue weighted by atomic mass is 9.84. The molecule has 0 saturated heterocycles. The Bertz CT molecular complexity index is 1710. The van der Waals surface area contributed by atoms with Gasteiger partial charge in [-0.25, -0.2) is 4.99 Å². The number of nitrogens with zero attached hydrogens (tertiary/aromatic N) is 3. The molecule has 5 heterocycles. The quantitative estimate of drug-likeness (QED) is 0.383. The van der Waals surface area contributed by atoms with Gasteiger partial charge in [0.2, 0.25) is 0 Å². The number of nitrogens with one attached hydrogen (secondary N) is 1. The number of aromatic nitrogens is 3. The molecule has 35 heavy (non-hydrogen) atoms. The second kappa shape index (κ2) is 6.96. The molecule has 0 radical (unpaired) electrons. The van der Waals surface area contributed by atoms with Crippen LogP contribution in [0.3, 0.4) is 0 Å². The number of hydrogen-bond acceptors (Lipinski definition) is 5. The largest absolute Gasteiger partial charge is 0.497 e. The Kier molecular flexibility index (Phi) is 4.03. The second-order valence-corrected chi connectivity index (χ2v) is 9.25. The van der Waals surface area contributed by atoms with Crippen molar-refractivity contribution in [2.45, 2.75) is 25.5 Å². The average molecular weight is 465 g/mol. The minimum absolute atomic E-state index is 0.566. The lowest BCUT2D eigenvalue weighted by molar-refractivity contribution is 0.0937. The minimum Gasteiger partial charge on any atom is -0.497 e. The molecule has 0 amide bonds. The average Bonchev–Trinajstić information content (AvgIpc) is 3.52. The number of ether oxygens (including phenoxy) is 2. The summed E-state index contributed by atoms with van der Waals surface area (Å²) in [6.45, 7) is 2.81. The van der Waals surface area contributed by atoms with Crippen LogP contribution in [0.4, 0.5) is 5.69 Å². The van der Waals surface area contributed by atoms with Crippen LogP contribution in [0.2, 0.25) is 0 Å². The summed E-state index contributed by atoms with van der Waals surface area (Å²) in [4.78, 5) is 13.2. The van der Waals surface area contributed by atoms with E-state index in [2.05, 4.69) is 28.6 Å². The first-order valence-electron chi connectivity index (χ1n) is 11.7. The summed E-state index contributed by atoms with van der Waals surface area (Å²) in [5.74, 6) is 1.54. The second-order valence-electron chi connectivity index (χ2n) is 9.25. The third-order valence-corrected chi connectivity index (χ3v) is 7.56. The van der Waals surface area contributed by atoms with Gasteiger partial charge in [0.25, 0.3) is 0 Å². The topological polar surface area (TPSA) is 84.7 Å². The summed E-state index contributed by atoms with van der Waals surface area (Å²) in [5.41, 5.74) is 7.14. The molecule has 0 bridgehead atoms. The van der Waals surface area contributed by atoms with E-state index in [0.717, 1.165) is 67.2 Å². The lowest BCUT2D eigenvalue weighted by Gasteiger charge is -2.32. The van der Waals surface area contributed by atoms with Crippen LogP contribution in [0.25, 0.3) is 33.1 Å². The summed E-state index contributed by atoms with van der Waals surface area (Å²) in [5, 5.41) is 14.0. The maximum atomic E-state index is 11.7. The Hall–Kier alpha value is -4.10. The molecular weight excluding hydrogens is 440 g/mol. The zero-order valence-electron chi connectivity index (χ0n) is 19.7. The van der Waals surface area contributed by atoms with Gasteiger partial charge >= 0.3 is 0 Å². The van der Waals surface area contributed by atoms with E-state index in [1.54, 1.807) is 14.2 Å². The van der Waals surface area contributed by atoms with Gasteiger partial charge in [-0.2, -0.15) is 0 Å². The van der Waals surface area contributed by atoms with Gasteiger partial charge in [0.05, 0.1) is 42.3 Å². The van der Waals surface area contributed by atoms with Crippen LogP contribution in [0.5, 0.6) is 11.5 Å². The number of aromatic amines is 1. The number of aliphatic hydroxyl groups is 1. The highest BCUT2D eigenvalue weighted by molar-refractivity contribution is 6.14. The van der Waals surface area contributed by atoms with E-state index < -0.39 is 5.60 Å². The number of pyridine rings is 1. The van der Waals surface area contributed by atoms with Crippen LogP contribution in [-0.2, 0) is 12.1 Å². The molecular formula is C28H24N4O3. The molecule has 1 unspecified atom stereocenters. The Morgan fingerprint density at radius 1 is 1.00 bits per heavy atom. The van der Waals surface area contributed by atoms with Crippen molar-refractivity contribution >= 4 is 33.2 Å². The van der Waals surface area contributed by atoms with Gasteiger partial charge in [-0.05, 0) is 43.3 Å². The van der Waals surface area contributed by atoms with E-state index in [-0.39, 0.29) is 0 Å². The molecule has 0 saturated carbocycles. The van der Waals surface area contributed by atoms with Gasteiger partial charge in [-0.1, -0.05) is 0 Å². The molecule has 0 spiro atoms. The molecule has 2 aliphatic rings. The molecule has 3 aromatic heterocycles. The monoisotopic (exact) mass is 464 g/mol. The van der Waals surface area contributed by atoms with Crippen LogP contribution in [0.15, 0.2) is 59.7 Å². The maximum absolute atomic E-state index is 11.7. The molecule has 2 aromatic carbocycles. The third kappa shape index (κ3) is 2.64. The maximum Gasteiger partial charge on any atom is 0.137 e. The third-order valence-electron chi connectivity index (χ3n) is 7.56. The van der Waals surface area contributed by atoms with E-state index in [9.17, 15) is 5.11 Å². The predicted molar refractivity (Wildman–Crippen MR) is 136 cm³/mol. The SMILES string of the molecule is COc1ccc2c(c1)N=C1c3cc(-c4nccc5c4[nH]c4cc(OC)ccc45)c(C)n3CCC12O. The molecule has 7 rings (SSSR count). The first kappa shape index (κ1) is 20.3. The van der Waals surface area contributed by atoms with Crippen LogP contribution < -0.4 is 9.47 Å². The van der Waals surface area contributed by atoms with E-state index in [4.69, 9.17) is 19.5 Å². The molecule has 7 nitrogen and oxygen atoms in total. The number of aliphatic imine (C=N–C) groups is 1. The van der Waals surface area contributed by atoms with Crippen molar-refractivity contribution in [1.82, 2.24) is 14.5 Å². The van der Waals surface area contributed by atoms with Crippen LogP contribution >= 0.6 is 0 Å². The highest BCUT2D eigenvalue weighted by Crippen LogP contribution is 2.48. The molecule has 174 valence electrons. The fourth-order valence-corrected chi connectivity index (χ4v) is 5.73. The van der Waals surface area contributed by atoms with E-state index in [0.29, 0.717) is 18.7 Å². The standard InChI is InChI=1S/C28H24N4O3/c1-15-20(25-26-19(8-10-29-25)18-6-4-16(34-2)12-22(18)30-26)14-24-27-28(33,9-11-32(15)24)21-7-5-17(35-3)13-23(21)31-27/h4-8,10,12-14,30,33H,9,11H2,1-3H3. The van der Waals surface area contributed by atoms with Crippen LogP contribution in [-0.4, -0.2) is 39.6 Å². The highest BCUT2D eigenvalue weighted by atomic mass is 16.5. The van der Waals surface area contributed by atoms with Gasteiger partial charge < -0.3 is 24.1 Å². The molecule has 7 heteroatoms. The smallest absolute Gasteiger partial charge is 0.137 e. The highest BCUT2D eigenvalue weighted by Gasteiger charge is 2.46. The number of methoxy groups -OCH3 is 2.